The van der Waals surface area contributed by atoms with Gasteiger partial charge in [-0.25, -0.2) is 4.98 Å². The fraction of sp³-hybridized carbons (Fsp3) is 0.0185. The maximum Gasteiger partial charge on any atom is 0.164 e. The Balaban J connectivity index is 1.09. The van der Waals surface area contributed by atoms with E-state index in [0.717, 1.165) is 44.9 Å². The van der Waals surface area contributed by atoms with Gasteiger partial charge in [0.1, 0.15) is 5.69 Å². The third-order valence-corrected chi connectivity index (χ3v) is 14.1. The SMILES string of the molecule is c1ccc(-n2c(-c3ccccn3)nc3c4c(ccc32)-c2ccccc2C4(c2ccc(-c3ccc(P(c4ccccc4)c4ccccc4)cc3)cc2)c2cccnc2)cc1. The van der Waals surface area contributed by atoms with Gasteiger partial charge in [0.05, 0.1) is 16.4 Å². The maximum absolute atomic E-state index is 5.57. The molecule has 0 amide bonds. The first-order chi connectivity index (χ1) is 29.3. The van der Waals surface area contributed by atoms with E-state index in [1.165, 1.54) is 43.7 Å². The van der Waals surface area contributed by atoms with Crippen molar-refractivity contribution in [1.29, 1.82) is 0 Å². The largest absolute Gasteiger partial charge is 0.291 e. The molecule has 0 aliphatic heterocycles. The second-order valence-electron chi connectivity index (χ2n) is 14.8. The molecule has 0 spiro atoms. The molecule has 5 heteroatoms. The zero-order valence-electron chi connectivity index (χ0n) is 32.1. The van der Waals surface area contributed by atoms with Crippen molar-refractivity contribution in [2.45, 2.75) is 5.41 Å². The normalized spacial score (nSPS) is 14.3. The molecular weight excluding hydrogens is 736 g/mol. The summed E-state index contributed by atoms with van der Waals surface area (Å²) >= 11 is 0. The maximum atomic E-state index is 5.57. The molecule has 1 unspecified atom stereocenters. The lowest BCUT2D eigenvalue weighted by Crippen LogP contribution is -2.29. The minimum atomic E-state index is -0.694. The summed E-state index contributed by atoms with van der Waals surface area (Å²) in [6, 6.07) is 74.2. The Morgan fingerprint density at radius 1 is 0.458 bits per heavy atom. The number of hydrogen-bond donors (Lipinski definition) is 0. The number of rotatable bonds is 8. The highest BCUT2D eigenvalue weighted by Crippen LogP contribution is 2.58. The second-order valence-corrected chi connectivity index (χ2v) is 17.1. The minimum Gasteiger partial charge on any atom is -0.291 e. The monoisotopic (exact) mass is 772 g/mol. The summed E-state index contributed by atoms with van der Waals surface area (Å²) in [4.78, 5) is 15.1. The quantitative estimate of drug-likeness (QED) is 0.145. The zero-order chi connectivity index (χ0) is 39.2. The Morgan fingerprint density at radius 2 is 1.08 bits per heavy atom. The van der Waals surface area contributed by atoms with Crippen molar-refractivity contribution in [2.75, 3.05) is 0 Å². The molecule has 4 nitrogen and oxygen atoms in total. The van der Waals surface area contributed by atoms with Crippen LogP contribution in [-0.4, -0.2) is 19.5 Å². The van der Waals surface area contributed by atoms with Crippen molar-refractivity contribution >= 4 is 34.9 Å². The molecule has 59 heavy (non-hydrogen) atoms. The van der Waals surface area contributed by atoms with Gasteiger partial charge in [-0.3, -0.25) is 14.5 Å². The van der Waals surface area contributed by atoms with Crippen molar-refractivity contribution in [2.24, 2.45) is 0 Å². The molecule has 11 rings (SSSR count). The van der Waals surface area contributed by atoms with Crippen molar-refractivity contribution in [3.63, 3.8) is 0 Å². The van der Waals surface area contributed by atoms with E-state index in [1.54, 1.807) is 0 Å². The predicted molar refractivity (Wildman–Crippen MR) is 244 cm³/mol. The molecule has 3 aromatic heterocycles. The number of hydrogen-bond acceptors (Lipinski definition) is 3. The van der Waals surface area contributed by atoms with Crippen LogP contribution in [0.1, 0.15) is 22.3 Å². The van der Waals surface area contributed by atoms with Crippen LogP contribution in [0, 0.1) is 0 Å². The first kappa shape index (κ1) is 34.9. The van der Waals surface area contributed by atoms with Gasteiger partial charge in [0.15, 0.2) is 5.82 Å². The summed E-state index contributed by atoms with van der Waals surface area (Å²) in [5.41, 5.74) is 12.5. The van der Waals surface area contributed by atoms with Crippen LogP contribution in [0.5, 0.6) is 0 Å². The number of aromatic nitrogens is 4. The molecule has 0 saturated carbocycles. The van der Waals surface area contributed by atoms with Crippen LogP contribution < -0.4 is 15.9 Å². The highest BCUT2D eigenvalue weighted by atomic mass is 31.1. The van der Waals surface area contributed by atoms with Crippen LogP contribution in [0.2, 0.25) is 0 Å². The lowest BCUT2D eigenvalue weighted by Gasteiger charge is -2.33. The molecule has 0 fully saturated rings. The van der Waals surface area contributed by atoms with E-state index in [-0.39, 0.29) is 0 Å². The van der Waals surface area contributed by atoms with Crippen molar-refractivity contribution in [3.05, 3.63) is 247 Å². The van der Waals surface area contributed by atoms with Gasteiger partial charge in [-0.15, -0.1) is 0 Å². The van der Waals surface area contributed by atoms with Crippen LogP contribution in [-0.2, 0) is 5.41 Å². The molecule has 0 radical (unpaired) electrons. The number of benzene rings is 7. The van der Waals surface area contributed by atoms with E-state index < -0.39 is 13.3 Å². The molecule has 0 saturated heterocycles. The molecule has 278 valence electrons. The summed E-state index contributed by atoms with van der Waals surface area (Å²) < 4.78 is 2.25. The fourth-order valence-electron chi connectivity index (χ4n) is 9.10. The summed E-state index contributed by atoms with van der Waals surface area (Å²) in [7, 11) is -0.684. The van der Waals surface area contributed by atoms with Crippen molar-refractivity contribution < 1.29 is 0 Å². The Morgan fingerprint density at radius 3 is 1.75 bits per heavy atom. The Hall–Kier alpha value is -7.26. The van der Waals surface area contributed by atoms with E-state index >= 15 is 0 Å². The Kier molecular flexibility index (Phi) is 8.65. The van der Waals surface area contributed by atoms with Crippen LogP contribution in [0.3, 0.4) is 0 Å². The lowest BCUT2D eigenvalue weighted by molar-refractivity contribution is 0.768. The van der Waals surface area contributed by atoms with Crippen molar-refractivity contribution in [3.8, 4) is 39.5 Å². The number of fused-ring (bicyclic) bond motifs is 5. The topological polar surface area (TPSA) is 43.6 Å². The van der Waals surface area contributed by atoms with Gasteiger partial charge >= 0.3 is 0 Å². The van der Waals surface area contributed by atoms with E-state index in [1.807, 2.05) is 36.8 Å². The van der Waals surface area contributed by atoms with Crippen LogP contribution >= 0.6 is 7.92 Å². The smallest absolute Gasteiger partial charge is 0.164 e. The Labute approximate surface area is 345 Å². The first-order valence-electron chi connectivity index (χ1n) is 19.9. The van der Waals surface area contributed by atoms with Gasteiger partial charge in [-0.05, 0) is 99.2 Å². The molecule has 3 heterocycles. The lowest BCUT2D eigenvalue weighted by atomic mass is 9.67. The van der Waals surface area contributed by atoms with E-state index in [2.05, 4.69) is 193 Å². The van der Waals surface area contributed by atoms with Crippen LogP contribution in [0.15, 0.2) is 225 Å². The third-order valence-electron chi connectivity index (χ3n) is 11.6. The molecule has 1 atom stereocenters. The highest BCUT2D eigenvalue weighted by molar-refractivity contribution is 7.79. The first-order valence-corrected chi connectivity index (χ1v) is 21.3. The number of para-hydroxylation sites is 1. The Bertz CT molecular complexity index is 3020. The molecule has 10 aromatic rings. The molecule has 0 bridgehead atoms. The average molecular weight is 773 g/mol. The van der Waals surface area contributed by atoms with Gasteiger partial charge in [0.2, 0.25) is 0 Å². The van der Waals surface area contributed by atoms with Crippen molar-refractivity contribution in [1.82, 2.24) is 19.5 Å². The van der Waals surface area contributed by atoms with Gasteiger partial charge in [0.25, 0.3) is 0 Å². The molecule has 1 aliphatic carbocycles. The van der Waals surface area contributed by atoms with Gasteiger partial charge in [-0.2, -0.15) is 0 Å². The summed E-state index contributed by atoms with van der Waals surface area (Å²) in [5, 5.41) is 4.02. The van der Waals surface area contributed by atoms with Crippen LogP contribution in [0.4, 0.5) is 0 Å². The third kappa shape index (κ3) is 5.75. The molecular formula is C54H37N4P. The van der Waals surface area contributed by atoms with Crippen LogP contribution in [0.25, 0.3) is 50.5 Å². The molecule has 7 aromatic carbocycles. The molecule has 0 N–H and O–H groups in total. The van der Waals surface area contributed by atoms with E-state index in [0.29, 0.717) is 0 Å². The number of pyridine rings is 2. The van der Waals surface area contributed by atoms with Gasteiger partial charge in [0, 0.05) is 29.8 Å². The van der Waals surface area contributed by atoms with E-state index in [9.17, 15) is 0 Å². The fourth-order valence-corrected chi connectivity index (χ4v) is 11.4. The zero-order valence-corrected chi connectivity index (χ0v) is 33.0. The summed E-state index contributed by atoms with van der Waals surface area (Å²) in [5.74, 6) is 0.804. The van der Waals surface area contributed by atoms with Gasteiger partial charge in [-0.1, -0.05) is 170 Å². The average Bonchev–Trinajstić information content (AvgIpc) is 3.86. The summed E-state index contributed by atoms with van der Waals surface area (Å²) in [6.45, 7) is 0. The van der Waals surface area contributed by atoms with Gasteiger partial charge < -0.3 is 0 Å². The minimum absolute atomic E-state index is 0.684. The number of nitrogens with zero attached hydrogens (tertiary/aromatic N) is 4. The predicted octanol–water partition coefficient (Wildman–Crippen LogP) is 11.3. The standard InChI is InChI=1S/C54H37N4P/c1-4-16-42(17-5-1)58-50-34-33-47-46-22-10-11-23-48(46)54(41-15-14-35-55-37-41,51(47)52(50)57-53(58)49-24-12-13-36-56-49)40-29-25-38(26-30-40)39-27-31-45(32-28-39)59(43-18-6-2-7-19-43)44-20-8-3-9-21-44/h1-37H. The highest BCUT2D eigenvalue weighted by Gasteiger charge is 2.48. The van der Waals surface area contributed by atoms with E-state index in [4.69, 9.17) is 15.0 Å². The summed E-state index contributed by atoms with van der Waals surface area (Å²) in [6.07, 6.45) is 5.73. The second kappa shape index (κ2) is 14.6. The number of imidazole rings is 1. The molecule has 1 aliphatic rings.